The van der Waals surface area contributed by atoms with Crippen LogP contribution in [0, 0.1) is 0 Å². The molecule has 5 rings (SSSR count). The number of rotatable bonds is 6. The highest BCUT2D eigenvalue weighted by Crippen LogP contribution is 2.45. The van der Waals surface area contributed by atoms with Crippen molar-refractivity contribution < 1.29 is 18.3 Å². The lowest BCUT2D eigenvalue weighted by Crippen LogP contribution is -2.47. The van der Waals surface area contributed by atoms with Crippen molar-refractivity contribution in [3.8, 4) is 34.3 Å². The van der Waals surface area contributed by atoms with Crippen LogP contribution in [0.1, 0.15) is 26.2 Å². The minimum Gasteiger partial charge on any atom is -0.478 e. The Morgan fingerprint density at radius 2 is 2.00 bits per heavy atom. The molecule has 0 aromatic carbocycles. The maximum absolute atomic E-state index is 14.2. The number of hydrogen-bond acceptors (Lipinski definition) is 7. The molecule has 0 saturated carbocycles. The number of nitrogens with zero attached hydrogens (tertiary/aromatic N) is 5. The number of fused-ring (bicyclic) bond motifs is 2. The topological polar surface area (TPSA) is 89.1 Å². The Kier molecular flexibility index (Phi) is 5.24. The summed E-state index contributed by atoms with van der Waals surface area (Å²) in [7, 11) is 1.77. The number of H-pyrrole nitrogens is 1. The number of halogens is 2. The van der Waals surface area contributed by atoms with E-state index in [1.165, 1.54) is 0 Å². The van der Waals surface area contributed by atoms with E-state index in [1.54, 1.807) is 36.5 Å². The van der Waals surface area contributed by atoms with E-state index >= 15 is 0 Å². The smallest absolute Gasteiger partial charge is 0.264 e. The highest BCUT2D eigenvalue weighted by molar-refractivity contribution is 5.70. The summed E-state index contributed by atoms with van der Waals surface area (Å²) in [6.07, 6.45) is 3.90. The molecule has 32 heavy (non-hydrogen) atoms. The second-order valence-electron chi connectivity index (χ2n) is 8.24. The predicted molar refractivity (Wildman–Crippen MR) is 113 cm³/mol. The Hall–Kier alpha value is -3.14. The molecule has 10 heteroatoms. The van der Waals surface area contributed by atoms with E-state index in [4.69, 9.17) is 9.47 Å². The molecule has 5 heterocycles. The lowest BCUT2D eigenvalue weighted by atomic mass is 10.00. The summed E-state index contributed by atoms with van der Waals surface area (Å²) in [6, 6.07) is 6.25. The van der Waals surface area contributed by atoms with Crippen LogP contribution in [0.5, 0.6) is 11.8 Å². The van der Waals surface area contributed by atoms with Crippen LogP contribution < -0.4 is 9.47 Å². The first kappa shape index (κ1) is 20.7. The van der Waals surface area contributed by atoms with E-state index < -0.39 is 12.0 Å². The number of pyridine rings is 1. The summed E-state index contributed by atoms with van der Waals surface area (Å²) in [5.41, 5.74) is 2.87. The number of piperidine rings is 1. The molecule has 2 fully saturated rings. The highest BCUT2D eigenvalue weighted by atomic mass is 19.3. The number of hydrogen-bond donors (Lipinski definition) is 1. The van der Waals surface area contributed by atoms with Crippen LogP contribution in [0.3, 0.4) is 0 Å². The Morgan fingerprint density at radius 3 is 2.69 bits per heavy atom. The van der Waals surface area contributed by atoms with Gasteiger partial charge in [-0.1, -0.05) is 0 Å². The molecule has 2 saturated heterocycles. The molecule has 0 radical (unpaired) electrons. The van der Waals surface area contributed by atoms with Gasteiger partial charge < -0.3 is 9.47 Å². The molecular weight excluding hydrogens is 418 g/mol. The summed E-state index contributed by atoms with van der Waals surface area (Å²) in [5.74, 6) is -1.86. The highest BCUT2D eigenvalue weighted by Gasteiger charge is 2.56. The SMILES string of the molecule is CCOc1nc(-c2ccc(OC3CC4CC(F)(F)C(C3)N4C)nn2)ccc1-c1cn[nH]c1. The third kappa shape index (κ3) is 3.79. The number of aromatic nitrogens is 5. The second kappa shape index (κ2) is 8.09. The van der Waals surface area contributed by atoms with Gasteiger partial charge in [-0.05, 0) is 32.2 Å². The van der Waals surface area contributed by atoms with Gasteiger partial charge in [0.05, 0.1) is 24.5 Å². The predicted octanol–water partition coefficient (Wildman–Crippen LogP) is 3.58. The molecular formula is C22H24F2N6O2. The average molecular weight is 442 g/mol. The zero-order chi connectivity index (χ0) is 22.3. The normalized spacial score (nSPS) is 24.4. The lowest BCUT2D eigenvalue weighted by molar-refractivity contribution is -0.0479. The molecule has 0 spiro atoms. The lowest BCUT2D eigenvalue weighted by Gasteiger charge is -2.36. The monoisotopic (exact) mass is 442 g/mol. The zero-order valence-corrected chi connectivity index (χ0v) is 17.8. The van der Waals surface area contributed by atoms with Crippen molar-refractivity contribution in [3.05, 3.63) is 36.7 Å². The first-order valence-electron chi connectivity index (χ1n) is 10.7. The number of ether oxygens (including phenoxy) is 2. The van der Waals surface area contributed by atoms with Gasteiger partial charge in [-0.15, -0.1) is 10.2 Å². The number of nitrogens with one attached hydrogen (secondary N) is 1. The Bertz CT molecular complexity index is 1080. The van der Waals surface area contributed by atoms with Crippen molar-refractivity contribution in [1.29, 1.82) is 0 Å². The van der Waals surface area contributed by atoms with Gasteiger partial charge in [-0.25, -0.2) is 13.8 Å². The quantitative estimate of drug-likeness (QED) is 0.624. The van der Waals surface area contributed by atoms with Crippen LogP contribution >= 0.6 is 0 Å². The van der Waals surface area contributed by atoms with Crippen LogP contribution in [0.4, 0.5) is 8.78 Å². The van der Waals surface area contributed by atoms with E-state index in [1.807, 2.05) is 19.1 Å². The van der Waals surface area contributed by atoms with Crippen LogP contribution in [0.2, 0.25) is 0 Å². The molecule has 0 aliphatic carbocycles. The van der Waals surface area contributed by atoms with Gasteiger partial charge in [0, 0.05) is 48.7 Å². The summed E-state index contributed by atoms with van der Waals surface area (Å²) in [5, 5.41) is 15.1. The van der Waals surface area contributed by atoms with Gasteiger partial charge >= 0.3 is 0 Å². The van der Waals surface area contributed by atoms with Gasteiger partial charge in [-0.2, -0.15) is 5.10 Å². The van der Waals surface area contributed by atoms with Crippen molar-refractivity contribution in [2.75, 3.05) is 13.7 Å². The first-order chi connectivity index (χ1) is 15.4. The van der Waals surface area contributed by atoms with E-state index in [-0.39, 0.29) is 25.0 Å². The largest absolute Gasteiger partial charge is 0.478 e. The van der Waals surface area contributed by atoms with Crippen molar-refractivity contribution in [2.45, 2.75) is 50.3 Å². The van der Waals surface area contributed by atoms with Crippen molar-refractivity contribution in [1.82, 2.24) is 30.3 Å². The van der Waals surface area contributed by atoms with Crippen LogP contribution in [0.25, 0.3) is 22.5 Å². The maximum Gasteiger partial charge on any atom is 0.264 e. The molecule has 3 unspecified atom stereocenters. The van der Waals surface area contributed by atoms with Crippen LogP contribution in [-0.2, 0) is 0 Å². The first-order valence-corrected chi connectivity index (χ1v) is 10.7. The Balaban J connectivity index is 1.31. The van der Waals surface area contributed by atoms with E-state index in [9.17, 15) is 8.78 Å². The number of aromatic amines is 1. The Morgan fingerprint density at radius 1 is 1.16 bits per heavy atom. The fraction of sp³-hybridized carbons (Fsp3) is 0.455. The summed E-state index contributed by atoms with van der Waals surface area (Å²) in [4.78, 5) is 6.37. The Labute approximate surface area is 184 Å². The average Bonchev–Trinajstić information content (AvgIpc) is 3.34. The van der Waals surface area contributed by atoms with Crippen molar-refractivity contribution >= 4 is 0 Å². The van der Waals surface area contributed by atoms with Gasteiger partial charge in [0.15, 0.2) is 0 Å². The van der Waals surface area contributed by atoms with Crippen molar-refractivity contribution in [2.24, 2.45) is 0 Å². The number of alkyl halides is 2. The molecule has 2 aliphatic rings. The third-order valence-electron chi connectivity index (χ3n) is 6.22. The fourth-order valence-electron chi connectivity index (χ4n) is 4.62. The molecule has 1 N–H and O–H groups in total. The fourth-order valence-corrected chi connectivity index (χ4v) is 4.62. The summed E-state index contributed by atoms with van der Waals surface area (Å²) >= 11 is 0. The van der Waals surface area contributed by atoms with Gasteiger partial charge in [0.25, 0.3) is 5.92 Å². The molecule has 2 bridgehead atoms. The molecule has 0 amide bonds. The standard InChI is InChI=1S/C22H24F2N6O2/c1-3-31-21-16(13-11-25-26-12-13)4-5-17(27-21)18-6-7-20(29-28-18)32-15-8-14-10-22(23,24)19(9-15)30(14)2/h4-7,11-12,14-15,19H,3,8-10H2,1-2H3,(H,25,26). The van der Waals surface area contributed by atoms with Gasteiger partial charge in [0.1, 0.15) is 11.8 Å². The summed E-state index contributed by atoms with van der Waals surface area (Å²) in [6.45, 7) is 2.36. The van der Waals surface area contributed by atoms with E-state index in [0.29, 0.717) is 36.2 Å². The second-order valence-corrected chi connectivity index (χ2v) is 8.24. The van der Waals surface area contributed by atoms with Crippen molar-refractivity contribution in [3.63, 3.8) is 0 Å². The minimum atomic E-state index is -2.67. The molecule has 3 aromatic heterocycles. The van der Waals surface area contributed by atoms with E-state index in [0.717, 1.165) is 11.1 Å². The van der Waals surface area contributed by atoms with E-state index in [2.05, 4.69) is 25.4 Å². The minimum absolute atomic E-state index is 0.110. The third-order valence-corrected chi connectivity index (χ3v) is 6.22. The van der Waals surface area contributed by atoms with Crippen LogP contribution in [-0.4, -0.2) is 68.0 Å². The zero-order valence-electron chi connectivity index (χ0n) is 17.8. The molecule has 2 aliphatic heterocycles. The van der Waals surface area contributed by atoms with Gasteiger partial charge in [0.2, 0.25) is 11.8 Å². The molecule has 8 nitrogen and oxygen atoms in total. The summed E-state index contributed by atoms with van der Waals surface area (Å²) < 4.78 is 39.9. The van der Waals surface area contributed by atoms with Crippen LogP contribution in [0.15, 0.2) is 36.7 Å². The maximum atomic E-state index is 14.2. The molecule has 3 aromatic rings. The molecule has 168 valence electrons. The van der Waals surface area contributed by atoms with Gasteiger partial charge in [-0.3, -0.25) is 10.00 Å². The molecule has 3 atom stereocenters.